The molecule has 1 saturated heterocycles. The number of benzene rings is 3. The zero-order chi connectivity index (χ0) is 27.1. The predicted octanol–water partition coefficient (Wildman–Crippen LogP) is 5.26. The van der Waals surface area contributed by atoms with Crippen molar-refractivity contribution in [2.45, 2.75) is 44.2 Å². The summed E-state index contributed by atoms with van der Waals surface area (Å²) in [5.74, 6) is 0.140. The molecule has 0 unspecified atom stereocenters. The largest absolute Gasteiger partial charge is 0.496 e. The number of carbonyl (C=O) groups excluding carboxylic acids is 1. The first kappa shape index (κ1) is 28.1. The fraction of sp³-hybridized carbons (Fsp3) is 0.345. The molecule has 0 aliphatic carbocycles. The van der Waals surface area contributed by atoms with Crippen LogP contribution in [0.1, 0.15) is 36.0 Å². The molecule has 202 valence electrons. The first-order valence-corrected chi connectivity index (χ1v) is 15.0. The molecule has 3 aromatic carbocycles. The molecule has 4 rings (SSSR count). The number of likely N-dealkylation sites (tertiary alicyclic amines) is 1. The van der Waals surface area contributed by atoms with E-state index in [0.29, 0.717) is 22.5 Å². The lowest BCUT2D eigenvalue weighted by Crippen LogP contribution is -2.40. The highest BCUT2D eigenvalue weighted by molar-refractivity contribution is 9.10. The number of hydrogen-bond donors (Lipinski definition) is 1. The molecule has 1 amide bonds. The number of hydrogen-bond acceptors (Lipinski definition) is 5. The van der Waals surface area contributed by atoms with Gasteiger partial charge in [-0.25, -0.2) is 8.42 Å². The highest BCUT2D eigenvalue weighted by Crippen LogP contribution is 2.31. The van der Waals surface area contributed by atoms with Crippen molar-refractivity contribution in [2.75, 3.05) is 31.0 Å². The maximum atomic E-state index is 13.7. The van der Waals surface area contributed by atoms with Gasteiger partial charge in [-0.2, -0.15) is 0 Å². The van der Waals surface area contributed by atoms with Crippen LogP contribution in [0.2, 0.25) is 0 Å². The zero-order valence-electron chi connectivity index (χ0n) is 21.8. The summed E-state index contributed by atoms with van der Waals surface area (Å²) in [5.41, 5.74) is 3.63. The molecule has 38 heavy (non-hydrogen) atoms. The first-order valence-electron chi connectivity index (χ1n) is 12.8. The van der Waals surface area contributed by atoms with Crippen LogP contribution in [0.25, 0.3) is 0 Å². The second-order valence-corrected chi connectivity index (χ2v) is 12.2. The van der Waals surface area contributed by atoms with Crippen molar-refractivity contribution >= 4 is 37.5 Å². The Morgan fingerprint density at radius 2 is 1.68 bits per heavy atom. The van der Waals surface area contributed by atoms with Gasteiger partial charge in [-0.15, -0.1) is 0 Å². The van der Waals surface area contributed by atoms with Gasteiger partial charge < -0.3 is 10.1 Å². The molecule has 3 aromatic rings. The predicted molar refractivity (Wildman–Crippen MR) is 154 cm³/mol. The summed E-state index contributed by atoms with van der Waals surface area (Å²) in [4.78, 5) is 15.7. The lowest BCUT2D eigenvalue weighted by atomic mass is 10.0. The summed E-state index contributed by atoms with van der Waals surface area (Å²) in [5, 5.41) is 2.95. The molecule has 1 aliphatic rings. The average Bonchev–Trinajstić information content (AvgIpc) is 2.92. The number of amides is 1. The third-order valence-corrected chi connectivity index (χ3v) is 9.15. The van der Waals surface area contributed by atoms with E-state index in [1.165, 1.54) is 44.1 Å². The number of nitrogens with zero attached hydrogens (tertiary/aromatic N) is 2. The number of sulfonamides is 1. The Bertz CT molecular complexity index is 1360. The van der Waals surface area contributed by atoms with Crippen molar-refractivity contribution in [3.05, 3.63) is 87.9 Å². The second kappa shape index (κ2) is 12.8. The van der Waals surface area contributed by atoms with Gasteiger partial charge in [0.05, 0.1) is 22.2 Å². The van der Waals surface area contributed by atoms with Gasteiger partial charge in [0, 0.05) is 13.1 Å². The van der Waals surface area contributed by atoms with E-state index in [1.807, 2.05) is 37.3 Å². The minimum absolute atomic E-state index is 0.0606. The fourth-order valence-corrected chi connectivity index (χ4v) is 6.72. The molecule has 0 atom stereocenters. The molecule has 1 fully saturated rings. The molecule has 1 N–H and O–H groups in total. The lowest BCUT2D eigenvalue weighted by molar-refractivity contribution is -0.119. The van der Waals surface area contributed by atoms with E-state index in [2.05, 4.69) is 32.2 Å². The van der Waals surface area contributed by atoms with Crippen molar-refractivity contribution in [3.63, 3.8) is 0 Å². The molecule has 0 aromatic heterocycles. The monoisotopic (exact) mass is 599 g/mol. The van der Waals surface area contributed by atoms with E-state index >= 15 is 0 Å². The lowest BCUT2D eigenvalue weighted by Gasteiger charge is -2.27. The van der Waals surface area contributed by atoms with Crippen LogP contribution in [0, 0.1) is 6.92 Å². The third-order valence-electron chi connectivity index (χ3n) is 6.76. The number of piperidine rings is 1. The normalized spacial score (nSPS) is 14.2. The Balaban J connectivity index is 1.52. The molecule has 1 heterocycles. The molecule has 0 radical (unpaired) electrons. The number of methoxy groups -OCH3 is 1. The first-order chi connectivity index (χ1) is 18.3. The Morgan fingerprint density at radius 3 is 2.34 bits per heavy atom. The van der Waals surface area contributed by atoms with Gasteiger partial charge in [0.1, 0.15) is 12.3 Å². The van der Waals surface area contributed by atoms with Gasteiger partial charge in [0.25, 0.3) is 10.0 Å². The summed E-state index contributed by atoms with van der Waals surface area (Å²) in [6.45, 7) is 4.94. The Labute approximate surface area is 234 Å². The van der Waals surface area contributed by atoms with Crippen LogP contribution in [-0.2, 0) is 27.9 Å². The van der Waals surface area contributed by atoms with Crippen LogP contribution in [0.5, 0.6) is 5.75 Å². The SMILES string of the molecule is COc1ccc(S(=O)(=O)N(CC(=O)NCc2ccccc2CN2CCCCC2)c2ccc(C)cc2)cc1Br. The molecule has 0 spiro atoms. The number of nitrogens with one attached hydrogen (secondary N) is 1. The van der Waals surface area contributed by atoms with Crippen LogP contribution in [0.4, 0.5) is 5.69 Å². The average molecular weight is 601 g/mol. The topological polar surface area (TPSA) is 79.0 Å². The maximum absolute atomic E-state index is 13.7. The second-order valence-electron chi connectivity index (χ2n) is 9.53. The standard InChI is InChI=1S/C29H34BrN3O4S/c1-22-10-12-25(13-11-22)33(38(35,36)26-14-15-28(37-2)27(30)18-26)21-29(34)31-19-23-8-4-5-9-24(23)20-32-16-6-3-7-17-32/h4-5,8-15,18H,3,6-7,16-17,19-21H2,1-2H3,(H,31,34). The zero-order valence-corrected chi connectivity index (χ0v) is 24.2. The van der Waals surface area contributed by atoms with E-state index in [4.69, 9.17) is 4.74 Å². The molecular weight excluding hydrogens is 566 g/mol. The number of rotatable bonds is 10. The minimum Gasteiger partial charge on any atom is -0.496 e. The van der Waals surface area contributed by atoms with Gasteiger partial charge in [-0.05, 0) is 90.2 Å². The highest BCUT2D eigenvalue weighted by Gasteiger charge is 2.28. The Kier molecular flexibility index (Phi) is 9.46. The van der Waals surface area contributed by atoms with Crippen molar-refractivity contribution in [1.82, 2.24) is 10.2 Å². The van der Waals surface area contributed by atoms with Crippen molar-refractivity contribution in [2.24, 2.45) is 0 Å². The van der Waals surface area contributed by atoms with Crippen LogP contribution < -0.4 is 14.4 Å². The molecule has 0 saturated carbocycles. The summed E-state index contributed by atoms with van der Waals surface area (Å²) in [7, 11) is -2.52. The third kappa shape index (κ3) is 6.95. The van der Waals surface area contributed by atoms with Gasteiger partial charge in [-0.3, -0.25) is 14.0 Å². The number of halogens is 1. The van der Waals surface area contributed by atoms with Crippen molar-refractivity contribution in [1.29, 1.82) is 0 Å². The highest BCUT2D eigenvalue weighted by atomic mass is 79.9. The van der Waals surface area contributed by atoms with E-state index in [-0.39, 0.29) is 17.3 Å². The molecular formula is C29H34BrN3O4S. The number of ether oxygens (including phenoxy) is 1. The van der Waals surface area contributed by atoms with Crippen molar-refractivity contribution < 1.29 is 17.9 Å². The fourth-order valence-electron chi connectivity index (χ4n) is 4.58. The molecule has 1 aliphatic heterocycles. The summed E-state index contributed by atoms with van der Waals surface area (Å²) >= 11 is 3.37. The summed E-state index contributed by atoms with van der Waals surface area (Å²) in [6.07, 6.45) is 3.71. The van der Waals surface area contributed by atoms with Gasteiger partial charge in [-0.1, -0.05) is 48.4 Å². The van der Waals surface area contributed by atoms with Crippen LogP contribution in [0.15, 0.2) is 76.1 Å². The minimum atomic E-state index is -4.04. The maximum Gasteiger partial charge on any atom is 0.264 e. The van der Waals surface area contributed by atoms with Gasteiger partial charge >= 0.3 is 0 Å². The Hall–Kier alpha value is -2.88. The number of carbonyl (C=O) groups is 1. The molecule has 7 nitrogen and oxygen atoms in total. The van der Waals surface area contributed by atoms with Crippen LogP contribution >= 0.6 is 15.9 Å². The van der Waals surface area contributed by atoms with Gasteiger partial charge in [0.15, 0.2) is 0 Å². The van der Waals surface area contributed by atoms with E-state index < -0.39 is 10.0 Å². The Morgan fingerprint density at radius 1 is 1.00 bits per heavy atom. The summed E-state index contributed by atoms with van der Waals surface area (Å²) in [6, 6.07) is 19.7. The van der Waals surface area contributed by atoms with E-state index in [1.54, 1.807) is 18.2 Å². The van der Waals surface area contributed by atoms with Crippen LogP contribution in [-0.4, -0.2) is 46.0 Å². The van der Waals surface area contributed by atoms with Gasteiger partial charge in [0.2, 0.25) is 5.91 Å². The number of anilines is 1. The van der Waals surface area contributed by atoms with Crippen molar-refractivity contribution in [3.8, 4) is 5.75 Å². The molecule has 0 bridgehead atoms. The quantitative estimate of drug-likeness (QED) is 0.344. The smallest absolute Gasteiger partial charge is 0.264 e. The molecule has 9 heteroatoms. The van der Waals surface area contributed by atoms with E-state index in [0.717, 1.165) is 35.1 Å². The summed E-state index contributed by atoms with van der Waals surface area (Å²) < 4.78 is 34.4. The van der Waals surface area contributed by atoms with E-state index in [9.17, 15) is 13.2 Å². The van der Waals surface area contributed by atoms with Crippen LogP contribution in [0.3, 0.4) is 0 Å². The number of aryl methyl sites for hydroxylation is 1.